The molecule has 6 heteroatoms. The molecular formula is C11H10F5N. The summed E-state index contributed by atoms with van der Waals surface area (Å²) >= 11 is 0. The molecule has 0 bridgehead atoms. The summed E-state index contributed by atoms with van der Waals surface area (Å²) in [5.41, 5.74) is 4.18. The first-order valence-corrected chi connectivity index (χ1v) is 5.01. The molecule has 1 aliphatic carbocycles. The Kier molecular flexibility index (Phi) is 2.65. The standard InChI is InChI=1S/C11H10F5N/c12-7-2-9(14)8(13)1-6(7)3-10(17)4-11(15,16)5-10/h1-2H,3-5,17H2. The van der Waals surface area contributed by atoms with Gasteiger partial charge in [-0.3, -0.25) is 0 Å². The van der Waals surface area contributed by atoms with Crippen LogP contribution in [0.15, 0.2) is 12.1 Å². The Bertz CT molecular complexity index is 449. The molecule has 17 heavy (non-hydrogen) atoms. The SMILES string of the molecule is NC1(Cc2cc(F)c(F)cc2F)CC(F)(F)C1. The molecule has 2 N–H and O–H groups in total. The highest BCUT2D eigenvalue weighted by atomic mass is 19.3. The van der Waals surface area contributed by atoms with Crippen LogP contribution >= 0.6 is 0 Å². The van der Waals surface area contributed by atoms with Gasteiger partial charge in [-0.2, -0.15) is 0 Å². The van der Waals surface area contributed by atoms with Crippen molar-refractivity contribution in [3.05, 3.63) is 35.1 Å². The monoisotopic (exact) mass is 251 g/mol. The van der Waals surface area contributed by atoms with E-state index < -0.39 is 41.8 Å². The summed E-state index contributed by atoms with van der Waals surface area (Å²) in [4.78, 5) is 0. The van der Waals surface area contributed by atoms with Gasteiger partial charge < -0.3 is 5.73 Å². The van der Waals surface area contributed by atoms with Crippen LogP contribution in [0.3, 0.4) is 0 Å². The highest BCUT2D eigenvalue weighted by Gasteiger charge is 2.54. The van der Waals surface area contributed by atoms with Crippen LogP contribution < -0.4 is 5.73 Å². The van der Waals surface area contributed by atoms with E-state index in [9.17, 15) is 22.0 Å². The van der Waals surface area contributed by atoms with Gasteiger partial charge in [-0.15, -0.1) is 0 Å². The molecule has 0 radical (unpaired) electrons. The van der Waals surface area contributed by atoms with Gasteiger partial charge in [0.15, 0.2) is 11.6 Å². The van der Waals surface area contributed by atoms with E-state index in [1.54, 1.807) is 0 Å². The fourth-order valence-corrected chi connectivity index (χ4v) is 2.18. The van der Waals surface area contributed by atoms with E-state index in [2.05, 4.69) is 0 Å². The number of rotatable bonds is 2. The maximum absolute atomic E-state index is 13.3. The molecule has 0 heterocycles. The summed E-state index contributed by atoms with van der Waals surface area (Å²) in [5, 5.41) is 0. The van der Waals surface area contributed by atoms with Crippen LogP contribution in [0.1, 0.15) is 18.4 Å². The lowest BCUT2D eigenvalue weighted by molar-refractivity contribution is -0.121. The summed E-state index contributed by atoms with van der Waals surface area (Å²) in [6, 6.07) is 1.06. The normalized spacial score (nSPS) is 21.1. The van der Waals surface area contributed by atoms with Crippen molar-refractivity contribution in [3.8, 4) is 0 Å². The maximum Gasteiger partial charge on any atom is 0.251 e. The third-order valence-electron chi connectivity index (χ3n) is 2.85. The molecule has 1 fully saturated rings. The van der Waals surface area contributed by atoms with Crippen LogP contribution in [0, 0.1) is 17.5 Å². The molecule has 1 saturated carbocycles. The molecule has 94 valence electrons. The van der Waals surface area contributed by atoms with Gasteiger partial charge in [-0.1, -0.05) is 0 Å². The molecule has 0 unspecified atom stereocenters. The Morgan fingerprint density at radius 1 is 1.00 bits per heavy atom. The van der Waals surface area contributed by atoms with Crippen LogP contribution in [0.2, 0.25) is 0 Å². The molecule has 0 atom stereocenters. The van der Waals surface area contributed by atoms with Gasteiger partial charge in [-0.25, -0.2) is 22.0 Å². The summed E-state index contributed by atoms with van der Waals surface area (Å²) in [6.45, 7) is 0. The van der Waals surface area contributed by atoms with Crippen LogP contribution in [-0.2, 0) is 6.42 Å². The number of halogens is 5. The fraction of sp³-hybridized carbons (Fsp3) is 0.455. The average Bonchev–Trinajstić information content (AvgIpc) is 2.10. The smallest absolute Gasteiger partial charge is 0.251 e. The summed E-state index contributed by atoms with van der Waals surface area (Å²) < 4.78 is 64.1. The number of hydrogen-bond acceptors (Lipinski definition) is 1. The summed E-state index contributed by atoms with van der Waals surface area (Å²) in [6.07, 6.45) is -1.37. The highest BCUT2D eigenvalue weighted by molar-refractivity contribution is 5.24. The zero-order valence-corrected chi connectivity index (χ0v) is 8.74. The van der Waals surface area contributed by atoms with E-state index in [1.165, 1.54) is 0 Å². The largest absolute Gasteiger partial charge is 0.324 e. The molecule has 2 rings (SSSR count). The Hall–Kier alpha value is -1.17. The van der Waals surface area contributed by atoms with Crippen molar-refractivity contribution in [2.75, 3.05) is 0 Å². The van der Waals surface area contributed by atoms with Crippen LogP contribution in [0.5, 0.6) is 0 Å². The molecule has 1 aromatic carbocycles. The van der Waals surface area contributed by atoms with Crippen LogP contribution in [0.4, 0.5) is 22.0 Å². The number of alkyl halides is 2. The topological polar surface area (TPSA) is 26.0 Å². The van der Waals surface area contributed by atoms with Crippen molar-refractivity contribution in [1.29, 1.82) is 0 Å². The lowest BCUT2D eigenvalue weighted by Crippen LogP contribution is -2.59. The lowest BCUT2D eigenvalue weighted by Gasteiger charge is -2.44. The van der Waals surface area contributed by atoms with Crippen molar-refractivity contribution < 1.29 is 22.0 Å². The first kappa shape index (κ1) is 12.3. The van der Waals surface area contributed by atoms with Gasteiger partial charge in [0.2, 0.25) is 0 Å². The van der Waals surface area contributed by atoms with E-state index in [0.29, 0.717) is 12.1 Å². The van der Waals surface area contributed by atoms with Crippen molar-refractivity contribution >= 4 is 0 Å². The van der Waals surface area contributed by atoms with Crippen molar-refractivity contribution in [2.24, 2.45) is 5.73 Å². The molecule has 1 aromatic rings. The number of hydrogen-bond donors (Lipinski definition) is 1. The highest BCUT2D eigenvalue weighted by Crippen LogP contribution is 2.45. The van der Waals surface area contributed by atoms with E-state index in [1.807, 2.05) is 0 Å². The second-order valence-electron chi connectivity index (χ2n) is 4.61. The summed E-state index contributed by atoms with van der Waals surface area (Å²) in [7, 11) is 0. The van der Waals surface area contributed by atoms with E-state index in [0.717, 1.165) is 0 Å². The zero-order chi connectivity index (χ0) is 12.8. The lowest BCUT2D eigenvalue weighted by atomic mass is 9.70. The predicted molar refractivity (Wildman–Crippen MR) is 51.1 cm³/mol. The summed E-state index contributed by atoms with van der Waals surface area (Å²) in [5.74, 6) is -6.33. The fourth-order valence-electron chi connectivity index (χ4n) is 2.18. The molecule has 0 aliphatic heterocycles. The van der Waals surface area contributed by atoms with E-state index in [-0.39, 0.29) is 12.0 Å². The second kappa shape index (κ2) is 3.66. The first-order chi connectivity index (χ1) is 7.71. The van der Waals surface area contributed by atoms with E-state index >= 15 is 0 Å². The molecule has 1 nitrogen and oxygen atoms in total. The van der Waals surface area contributed by atoms with Crippen molar-refractivity contribution in [3.63, 3.8) is 0 Å². The molecule has 1 aliphatic rings. The van der Waals surface area contributed by atoms with Gasteiger partial charge in [0.1, 0.15) is 5.82 Å². The van der Waals surface area contributed by atoms with Gasteiger partial charge >= 0.3 is 0 Å². The molecule has 0 spiro atoms. The quantitative estimate of drug-likeness (QED) is 0.634. The molecule has 0 amide bonds. The third-order valence-corrected chi connectivity index (χ3v) is 2.85. The number of nitrogens with two attached hydrogens (primary N) is 1. The average molecular weight is 251 g/mol. The Morgan fingerprint density at radius 3 is 2.06 bits per heavy atom. The van der Waals surface area contributed by atoms with Gasteiger partial charge in [0, 0.05) is 24.4 Å². The molecular weight excluding hydrogens is 241 g/mol. The Balaban J connectivity index is 2.18. The minimum absolute atomic E-state index is 0.179. The minimum atomic E-state index is -2.84. The van der Waals surface area contributed by atoms with Gasteiger partial charge in [-0.05, 0) is 18.1 Å². The predicted octanol–water partition coefficient (Wildman–Crippen LogP) is 2.77. The van der Waals surface area contributed by atoms with Crippen molar-refractivity contribution in [1.82, 2.24) is 0 Å². The second-order valence-corrected chi connectivity index (χ2v) is 4.61. The maximum atomic E-state index is 13.3. The third kappa shape index (κ3) is 2.41. The Labute approximate surface area is 94.4 Å². The van der Waals surface area contributed by atoms with Gasteiger partial charge in [0.05, 0.1) is 0 Å². The van der Waals surface area contributed by atoms with Crippen LogP contribution in [0.25, 0.3) is 0 Å². The number of benzene rings is 1. The molecule has 0 saturated heterocycles. The van der Waals surface area contributed by atoms with Crippen LogP contribution in [-0.4, -0.2) is 11.5 Å². The molecule has 0 aromatic heterocycles. The first-order valence-electron chi connectivity index (χ1n) is 5.01. The zero-order valence-electron chi connectivity index (χ0n) is 8.74. The van der Waals surface area contributed by atoms with Crippen molar-refractivity contribution in [2.45, 2.75) is 30.7 Å². The van der Waals surface area contributed by atoms with Gasteiger partial charge in [0.25, 0.3) is 5.92 Å². The Morgan fingerprint density at radius 2 is 1.53 bits per heavy atom. The van der Waals surface area contributed by atoms with E-state index in [4.69, 9.17) is 5.73 Å². The minimum Gasteiger partial charge on any atom is -0.324 e.